The summed E-state index contributed by atoms with van der Waals surface area (Å²) in [5, 5.41) is 8.98. The Morgan fingerprint density at radius 1 is 1.26 bits per heavy atom. The van der Waals surface area contributed by atoms with E-state index in [0.717, 1.165) is 16.9 Å². The van der Waals surface area contributed by atoms with Crippen LogP contribution in [0.4, 0.5) is 0 Å². The summed E-state index contributed by atoms with van der Waals surface area (Å²) < 4.78 is 5.44. The molecule has 0 aliphatic rings. The van der Waals surface area contributed by atoms with Gasteiger partial charge in [-0.1, -0.05) is 6.92 Å². The van der Waals surface area contributed by atoms with Crippen LogP contribution < -0.4 is 4.74 Å². The lowest BCUT2D eigenvalue weighted by Gasteiger charge is -2.13. The summed E-state index contributed by atoms with van der Waals surface area (Å²) in [6.07, 6.45) is -0.427. The predicted molar refractivity (Wildman–Crippen MR) is 71.4 cm³/mol. The Bertz CT molecular complexity index is 625. The molecule has 0 saturated heterocycles. The Morgan fingerprint density at radius 3 is 2.47 bits per heavy atom. The molecule has 1 aromatic carbocycles. The number of nitrogens with zero attached hydrogens (tertiary/aromatic N) is 2. The normalized spacial score (nSPS) is 12.4. The molecule has 0 spiro atoms. The molecule has 5 nitrogen and oxygen atoms in total. The number of carboxylic acid groups (broad SMARTS) is 1. The van der Waals surface area contributed by atoms with Crippen molar-refractivity contribution in [3.05, 3.63) is 29.6 Å². The van der Waals surface area contributed by atoms with Crippen LogP contribution in [0, 0.1) is 13.8 Å². The summed E-state index contributed by atoms with van der Waals surface area (Å²) >= 11 is 0. The Morgan fingerprint density at radius 2 is 1.89 bits per heavy atom. The minimum Gasteiger partial charge on any atom is -0.479 e. The smallest absolute Gasteiger partial charge is 0.344 e. The van der Waals surface area contributed by atoms with Crippen molar-refractivity contribution in [2.45, 2.75) is 33.3 Å². The van der Waals surface area contributed by atoms with Crippen LogP contribution >= 0.6 is 0 Å². The van der Waals surface area contributed by atoms with Crippen molar-refractivity contribution in [2.24, 2.45) is 0 Å². The van der Waals surface area contributed by atoms with Crippen LogP contribution in [0.3, 0.4) is 0 Å². The second-order valence-corrected chi connectivity index (χ2v) is 4.40. The number of hydrogen-bond acceptors (Lipinski definition) is 4. The van der Waals surface area contributed by atoms with Gasteiger partial charge in [-0.2, -0.15) is 0 Å². The zero-order valence-corrected chi connectivity index (χ0v) is 11.2. The number of carbonyl (C=O) groups is 1. The van der Waals surface area contributed by atoms with Crippen molar-refractivity contribution < 1.29 is 14.6 Å². The third-order valence-corrected chi connectivity index (χ3v) is 2.97. The van der Waals surface area contributed by atoms with Crippen molar-refractivity contribution in [1.82, 2.24) is 9.97 Å². The molecule has 0 aliphatic heterocycles. The molecule has 0 saturated carbocycles. The van der Waals surface area contributed by atoms with Crippen LogP contribution in [-0.2, 0) is 4.79 Å². The summed E-state index contributed by atoms with van der Waals surface area (Å²) in [6, 6.07) is 5.23. The van der Waals surface area contributed by atoms with Crippen LogP contribution in [-0.4, -0.2) is 27.1 Å². The molecule has 1 heterocycles. The third kappa shape index (κ3) is 2.81. The summed E-state index contributed by atoms with van der Waals surface area (Å²) in [7, 11) is 0. The first-order valence-corrected chi connectivity index (χ1v) is 6.15. The lowest BCUT2D eigenvalue weighted by atomic mass is 10.2. The lowest BCUT2D eigenvalue weighted by molar-refractivity contribution is -0.145. The highest BCUT2D eigenvalue weighted by molar-refractivity contribution is 5.77. The average Bonchev–Trinajstić information content (AvgIpc) is 2.37. The van der Waals surface area contributed by atoms with Gasteiger partial charge in [-0.15, -0.1) is 0 Å². The first-order valence-electron chi connectivity index (χ1n) is 6.15. The van der Waals surface area contributed by atoms with E-state index in [2.05, 4.69) is 9.97 Å². The Hall–Kier alpha value is -2.17. The fourth-order valence-electron chi connectivity index (χ4n) is 1.76. The Kier molecular flexibility index (Phi) is 3.64. The number of benzene rings is 1. The summed E-state index contributed by atoms with van der Waals surface area (Å²) in [5.74, 6) is -0.465. The number of hydrogen-bond donors (Lipinski definition) is 1. The van der Waals surface area contributed by atoms with Gasteiger partial charge in [0, 0.05) is 6.07 Å². The minimum absolute atomic E-state index is 0.409. The zero-order valence-electron chi connectivity index (χ0n) is 11.2. The van der Waals surface area contributed by atoms with Gasteiger partial charge in [-0.25, -0.2) is 14.8 Å². The van der Waals surface area contributed by atoms with Crippen LogP contribution in [0.1, 0.15) is 24.7 Å². The van der Waals surface area contributed by atoms with Gasteiger partial charge in [0.05, 0.1) is 22.4 Å². The van der Waals surface area contributed by atoms with E-state index < -0.39 is 12.1 Å². The van der Waals surface area contributed by atoms with Crippen LogP contribution in [0.15, 0.2) is 18.2 Å². The van der Waals surface area contributed by atoms with Crippen molar-refractivity contribution in [3.8, 4) is 5.75 Å². The van der Waals surface area contributed by atoms with Gasteiger partial charge in [-0.05, 0) is 32.4 Å². The highest BCUT2D eigenvalue weighted by atomic mass is 16.5. The molecule has 100 valence electrons. The molecule has 1 unspecified atom stereocenters. The van der Waals surface area contributed by atoms with Gasteiger partial charge in [0.1, 0.15) is 5.75 Å². The maximum atomic E-state index is 10.9. The second kappa shape index (κ2) is 5.22. The second-order valence-electron chi connectivity index (χ2n) is 4.40. The first-order chi connectivity index (χ1) is 9.01. The fraction of sp³-hybridized carbons (Fsp3) is 0.357. The molecule has 0 amide bonds. The first kappa shape index (κ1) is 13.3. The van der Waals surface area contributed by atoms with Gasteiger partial charge in [-0.3, -0.25) is 0 Å². The van der Waals surface area contributed by atoms with Crippen molar-refractivity contribution in [3.63, 3.8) is 0 Å². The highest BCUT2D eigenvalue weighted by Gasteiger charge is 2.17. The van der Waals surface area contributed by atoms with Crippen LogP contribution in [0.5, 0.6) is 5.75 Å². The highest BCUT2D eigenvalue weighted by Crippen LogP contribution is 2.20. The van der Waals surface area contributed by atoms with E-state index in [4.69, 9.17) is 9.84 Å². The predicted octanol–water partition coefficient (Wildman–Crippen LogP) is 2.49. The molecular formula is C14H16N2O3. The largest absolute Gasteiger partial charge is 0.479 e. The van der Waals surface area contributed by atoms with Crippen LogP contribution in [0.2, 0.25) is 0 Å². The lowest BCUT2D eigenvalue weighted by Crippen LogP contribution is -2.25. The van der Waals surface area contributed by atoms with E-state index in [0.29, 0.717) is 17.7 Å². The van der Waals surface area contributed by atoms with E-state index in [1.54, 1.807) is 25.1 Å². The van der Waals surface area contributed by atoms with E-state index in [-0.39, 0.29) is 0 Å². The molecule has 0 aliphatic carbocycles. The van der Waals surface area contributed by atoms with Crippen molar-refractivity contribution in [1.29, 1.82) is 0 Å². The quantitative estimate of drug-likeness (QED) is 0.914. The Labute approximate surface area is 111 Å². The van der Waals surface area contributed by atoms with Crippen molar-refractivity contribution in [2.75, 3.05) is 0 Å². The molecule has 2 rings (SSSR count). The molecule has 1 aromatic heterocycles. The third-order valence-electron chi connectivity index (χ3n) is 2.97. The number of ether oxygens (including phenoxy) is 1. The minimum atomic E-state index is -0.964. The van der Waals surface area contributed by atoms with Gasteiger partial charge < -0.3 is 9.84 Å². The van der Waals surface area contributed by atoms with E-state index in [9.17, 15) is 4.79 Å². The van der Waals surface area contributed by atoms with Gasteiger partial charge in [0.2, 0.25) is 0 Å². The summed E-state index contributed by atoms with van der Waals surface area (Å²) in [6.45, 7) is 5.57. The topological polar surface area (TPSA) is 72.3 Å². The molecule has 0 fully saturated rings. The standard InChI is InChI=1S/C14H16N2O3/c1-4-13(14(17)18)19-10-5-6-11-12(7-10)16-9(3)8(2)15-11/h5-7,13H,4H2,1-3H3,(H,17,18). The van der Waals surface area contributed by atoms with Gasteiger partial charge in [0.25, 0.3) is 0 Å². The van der Waals surface area contributed by atoms with E-state index >= 15 is 0 Å². The molecule has 0 radical (unpaired) electrons. The molecule has 2 aromatic rings. The van der Waals surface area contributed by atoms with Crippen molar-refractivity contribution >= 4 is 17.0 Å². The number of aryl methyl sites for hydroxylation is 2. The molecular weight excluding hydrogens is 244 g/mol. The van der Waals surface area contributed by atoms with Gasteiger partial charge >= 0.3 is 5.97 Å². The Balaban J connectivity index is 2.36. The van der Waals surface area contributed by atoms with E-state index in [1.165, 1.54) is 0 Å². The molecule has 0 bridgehead atoms. The number of rotatable bonds is 4. The monoisotopic (exact) mass is 260 g/mol. The summed E-state index contributed by atoms with van der Waals surface area (Å²) in [4.78, 5) is 19.8. The molecule has 1 atom stereocenters. The molecule has 19 heavy (non-hydrogen) atoms. The number of aromatic nitrogens is 2. The number of carboxylic acids is 1. The number of fused-ring (bicyclic) bond motifs is 1. The number of aliphatic carboxylic acids is 1. The maximum Gasteiger partial charge on any atom is 0.344 e. The molecule has 5 heteroatoms. The van der Waals surface area contributed by atoms with Crippen LogP contribution in [0.25, 0.3) is 11.0 Å². The SMILES string of the molecule is CCC(Oc1ccc2nc(C)c(C)nc2c1)C(=O)O. The van der Waals surface area contributed by atoms with Gasteiger partial charge in [0.15, 0.2) is 6.10 Å². The average molecular weight is 260 g/mol. The molecule has 1 N–H and O–H groups in total. The zero-order chi connectivity index (χ0) is 14.0. The van der Waals surface area contributed by atoms with E-state index in [1.807, 2.05) is 13.8 Å². The maximum absolute atomic E-state index is 10.9. The summed E-state index contributed by atoms with van der Waals surface area (Å²) in [5.41, 5.74) is 3.23. The fourth-order valence-corrected chi connectivity index (χ4v) is 1.76.